The molecule has 3 heterocycles. The highest BCUT2D eigenvalue weighted by Crippen LogP contribution is 2.25. The minimum atomic E-state index is -0.244. The second-order valence-electron chi connectivity index (χ2n) is 8.03. The number of rotatable bonds is 6. The average molecular weight is 441 g/mol. The standard InChI is InChI=1S/C25H23N5O3/c1-16(2)32-20-11-9-19(10-12-20)24-27-22(17(3)33-24)14-29-25(31)23-13-21(28-30(23)15-26-29)18-7-5-4-6-8-18/h4-13,15-16H,14H2,1-3H3. The Kier molecular flexibility index (Phi) is 5.26. The van der Waals surface area contributed by atoms with Crippen LogP contribution in [0.25, 0.3) is 28.2 Å². The van der Waals surface area contributed by atoms with Crippen LogP contribution >= 0.6 is 0 Å². The Hall–Kier alpha value is -4.20. The third-order valence-electron chi connectivity index (χ3n) is 5.22. The van der Waals surface area contributed by atoms with Gasteiger partial charge in [-0.2, -0.15) is 10.2 Å². The van der Waals surface area contributed by atoms with Crippen LogP contribution in [-0.2, 0) is 6.54 Å². The lowest BCUT2D eigenvalue weighted by atomic mass is 10.1. The Labute approximate surface area is 190 Å². The van der Waals surface area contributed by atoms with E-state index in [2.05, 4.69) is 15.2 Å². The highest BCUT2D eigenvalue weighted by atomic mass is 16.5. The van der Waals surface area contributed by atoms with E-state index in [0.29, 0.717) is 22.9 Å². The van der Waals surface area contributed by atoms with Gasteiger partial charge < -0.3 is 9.15 Å². The molecule has 33 heavy (non-hydrogen) atoms. The minimum absolute atomic E-state index is 0.106. The number of fused-ring (bicyclic) bond motifs is 1. The van der Waals surface area contributed by atoms with Crippen molar-refractivity contribution in [1.29, 1.82) is 0 Å². The Morgan fingerprint density at radius 1 is 1.03 bits per heavy atom. The maximum absolute atomic E-state index is 13.1. The molecule has 0 radical (unpaired) electrons. The van der Waals surface area contributed by atoms with Crippen LogP contribution in [0.5, 0.6) is 5.75 Å². The molecule has 0 aliphatic carbocycles. The summed E-state index contributed by atoms with van der Waals surface area (Å²) in [5.74, 6) is 1.92. The van der Waals surface area contributed by atoms with Gasteiger partial charge >= 0.3 is 0 Å². The molecule has 0 saturated heterocycles. The molecule has 0 amide bonds. The summed E-state index contributed by atoms with van der Waals surface area (Å²) in [5, 5.41) is 8.75. The van der Waals surface area contributed by atoms with Crippen molar-refractivity contribution in [2.75, 3.05) is 0 Å². The molecule has 0 saturated carbocycles. The maximum atomic E-state index is 13.1. The Morgan fingerprint density at radius 2 is 1.79 bits per heavy atom. The maximum Gasteiger partial charge on any atom is 0.293 e. The zero-order chi connectivity index (χ0) is 22.9. The number of nitrogens with zero attached hydrogens (tertiary/aromatic N) is 5. The summed E-state index contributed by atoms with van der Waals surface area (Å²) in [7, 11) is 0. The number of benzene rings is 2. The van der Waals surface area contributed by atoms with Crippen LogP contribution in [0.4, 0.5) is 0 Å². The fraction of sp³-hybridized carbons (Fsp3) is 0.200. The number of aryl methyl sites for hydroxylation is 1. The lowest BCUT2D eigenvalue weighted by Gasteiger charge is -2.09. The molecule has 0 aliphatic rings. The SMILES string of the molecule is Cc1oc(-c2ccc(OC(C)C)cc2)nc1Cn1ncn2nc(-c3ccccc3)cc2c1=O. The molecule has 5 aromatic rings. The predicted molar refractivity (Wildman–Crippen MR) is 124 cm³/mol. The molecule has 0 N–H and O–H groups in total. The summed E-state index contributed by atoms with van der Waals surface area (Å²) >= 11 is 0. The molecule has 0 fully saturated rings. The van der Waals surface area contributed by atoms with Gasteiger partial charge in [-0.05, 0) is 51.1 Å². The van der Waals surface area contributed by atoms with Gasteiger partial charge in [0.1, 0.15) is 29.0 Å². The first-order valence-corrected chi connectivity index (χ1v) is 10.7. The number of oxazole rings is 1. The van der Waals surface area contributed by atoms with Crippen LogP contribution < -0.4 is 10.3 Å². The molecular formula is C25H23N5O3. The van der Waals surface area contributed by atoms with Crippen LogP contribution in [0.1, 0.15) is 25.3 Å². The molecule has 3 aromatic heterocycles. The summed E-state index contributed by atoms with van der Waals surface area (Å²) in [6.07, 6.45) is 1.64. The van der Waals surface area contributed by atoms with Crippen molar-refractivity contribution in [3.8, 4) is 28.5 Å². The van der Waals surface area contributed by atoms with Crippen molar-refractivity contribution in [2.24, 2.45) is 0 Å². The van der Waals surface area contributed by atoms with Gasteiger partial charge in [-0.25, -0.2) is 14.2 Å². The van der Waals surface area contributed by atoms with Crippen LogP contribution in [0, 0.1) is 6.92 Å². The fourth-order valence-electron chi connectivity index (χ4n) is 3.59. The van der Waals surface area contributed by atoms with Gasteiger partial charge in [0.05, 0.1) is 18.3 Å². The zero-order valence-corrected chi connectivity index (χ0v) is 18.6. The number of ether oxygens (including phenoxy) is 1. The highest BCUT2D eigenvalue weighted by Gasteiger charge is 2.15. The van der Waals surface area contributed by atoms with E-state index >= 15 is 0 Å². The summed E-state index contributed by atoms with van der Waals surface area (Å²) < 4.78 is 14.4. The summed E-state index contributed by atoms with van der Waals surface area (Å²) in [6.45, 7) is 6.00. The first kappa shape index (κ1) is 20.7. The van der Waals surface area contributed by atoms with Gasteiger partial charge in [-0.1, -0.05) is 30.3 Å². The molecule has 0 unspecified atom stereocenters. The van der Waals surface area contributed by atoms with Crippen molar-refractivity contribution >= 4 is 5.52 Å². The first-order chi connectivity index (χ1) is 16.0. The lowest BCUT2D eigenvalue weighted by molar-refractivity contribution is 0.242. The average Bonchev–Trinajstić information content (AvgIpc) is 3.41. The van der Waals surface area contributed by atoms with E-state index in [9.17, 15) is 4.79 Å². The molecule has 8 heteroatoms. The van der Waals surface area contributed by atoms with Crippen LogP contribution in [0.2, 0.25) is 0 Å². The Morgan fingerprint density at radius 3 is 2.52 bits per heavy atom. The quantitative estimate of drug-likeness (QED) is 0.389. The van der Waals surface area contributed by atoms with E-state index in [1.54, 1.807) is 6.07 Å². The molecule has 0 spiro atoms. The van der Waals surface area contributed by atoms with Crippen molar-refractivity contribution in [1.82, 2.24) is 24.4 Å². The normalized spacial score (nSPS) is 11.4. The monoisotopic (exact) mass is 441 g/mol. The lowest BCUT2D eigenvalue weighted by Crippen LogP contribution is -2.25. The van der Waals surface area contributed by atoms with Gasteiger partial charge in [-0.3, -0.25) is 4.79 Å². The molecule has 5 rings (SSSR count). The largest absolute Gasteiger partial charge is 0.491 e. The van der Waals surface area contributed by atoms with Crippen molar-refractivity contribution < 1.29 is 9.15 Å². The number of aromatic nitrogens is 5. The van der Waals surface area contributed by atoms with Crippen molar-refractivity contribution in [2.45, 2.75) is 33.4 Å². The fourth-order valence-corrected chi connectivity index (χ4v) is 3.59. The molecule has 0 atom stereocenters. The Balaban J connectivity index is 1.42. The summed E-state index contributed by atoms with van der Waals surface area (Å²) in [5.41, 5.74) is 3.34. The van der Waals surface area contributed by atoms with Crippen molar-refractivity contribution in [3.05, 3.63) is 88.8 Å². The van der Waals surface area contributed by atoms with Crippen molar-refractivity contribution in [3.63, 3.8) is 0 Å². The van der Waals surface area contributed by atoms with E-state index in [4.69, 9.17) is 9.15 Å². The second kappa shape index (κ2) is 8.38. The molecular weight excluding hydrogens is 418 g/mol. The Bertz CT molecular complexity index is 1460. The molecule has 0 bridgehead atoms. The smallest absolute Gasteiger partial charge is 0.293 e. The third-order valence-corrected chi connectivity index (χ3v) is 5.22. The van der Waals surface area contributed by atoms with Gasteiger partial charge in [-0.15, -0.1) is 0 Å². The van der Waals surface area contributed by atoms with E-state index in [-0.39, 0.29) is 18.2 Å². The summed E-state index contributed by atoms with van der Waals surface area (Å²) in [6, 6.07) is 19.1. The third kappa shape index (κ3) is 4.15. The van der Waals surface area contributed by atoms with E-state index in [1.807, 2.05) is 75.4 Å². The molecule has 0 aliphatic heterocycles. The molecule has 8 nitrogen and oxygen atoms in total. The summed E-state index contributed by atoms with van der Waals surface area (Å²) in [4.78, 5) is 17.7. The van der Waals surface area contributed by atoms with Crippen LogP contribution in [0.15, 0.2) is 76.2 Å². The zero-order valence-electron chi connectivity index (χ0n) is 18.6. The number of hydrogen-bond donors (Lipinski definition) is 0. The van der Waals surface area contributed by atoms with Gasteiger partial charge in [0.15, 0.2) is 0 Å². The van der Waals surface area contributed by atoms with Crippen LogP contribution in [0.3, 0.4) is 0 Å². The predicted octanol–water partition coefficient (Wildman–Crippen LogP) is 4.36. The van der Waals surface area contributed by atoms with E-state index in [1.165, 1.54) is 15.5 Å². The number of hydrogen-bond acceptors (Lipinski definition) is 6. The van der Waals surface area contributed by atoms with Crippen LogP contribution in [-0.4, -0.2) is 30.5 Å². The van der Waals surface area contributed by atoms with E-state index in [0.717, 1.165) is 22.6 Å². The minimum Gasteiger partial charge on any atom is -0.491 e. The van der Waals surface area contributed by atoms with Gasteiger partial charge in [0.25, 0.3) is 5.56 Å². The van der Waals surface area contributed by atoms with Gasteiger partial charge in [0.2, 0.25) is 5.89 Å². The highest BCUT2D eigenvalue weighted by molar-refractivity contribution is 5.65. The first-order valence-electron chi connectivity index (χ1n) is 10.7. The van der Waals surface area contributed by atoms with E-state index < -0.39 is 0 Å². The topological polar surface area (TPSA) is 87.5 Å². The molecule has 2 aromatic carbocycles. The molecule has 166 valence electrons. The van der Waals surface area contributed by atoms with Gasteiger partial charge in [0, 0.05) is 11.1 Å². The second-order valence-corrected chi connectivity index (χ2v) is 8.03.